The van der Waals surface area contributed by atoms with Crippen LogP contribution in [0.25, 0.3) is 0 Å². The third-order valence-corrected chi connectivity index (χ3v) is 10.3. The molecule has 0 spiro atoms. The predicted molar refractivity (Wildman–Crippen MR) is 141 cm³/mol. The van der Waals surface area contributed by atoms with E-state index in [4.69, 9.17) is 23.2 Å². The van der Waals surface area contributed by atoms with E-state index in [1.165, 1.54) is 12.1 Å². The molecule has 0 aromatic heterocycles. The van der Waals surface area contributed by atoms with Crippen molar-refractivity contribution in [2.24, 2.45) is 5.41 Å². The Hall–Kier alpha value is -2.16. The minimum atomic E-state index is -3.45. The number of carboxylic acid groups (broad SMARTS) is 1. The Balaban J connectivity index is 1.91. The topological polar surface area (TPSA) is 91.8 Å². The van der Waals surface area contributed by atoms with Gasteiger partial charge in [-0.05, 0) is 67.1 Å². The van der Waals surface area contributed by atoms with Crippen LogP contribution in [0.1, 0.15) is 69.0 Å². The van der Waals surface area contributed by atoms with E-state index in [2.05, 4.69) is 0 Å². The second kappa shape index (κ2) is 10.5. The number of likely N-dealkylation sites (tertiary alicyclic amines) is 1. The largest absolute Gasteiger partial charge is 0.481 e. The molecule has 1 heterocycles. The van der Waals surface area contributed by atoms with Crippen LogP contribution in [-0.4, -0.2) is 47.3 Å². The Morgan fingerprint density at radius 1 is 1.14 bits per heavy atom. The zero-order valence-corrected chi connectivity index (χ0v) is 23.0. The predicted octanol–water partition coefficient (Wildman–Crippen LogP) is 6.03. The summed E-state index contributed by atoms with van der Waals surface area (Å²) in [4.78, 5) is 27.6. The van der Waals surface area contributed by atoms with Gasteiger partial charge in [-0.2, -0.15) is 0 Å². The molecule has 1 saturated heterocycles. The average molecular weight is 571 g/mol. The van der Waals surface area contributed by atoms with Crippen LogP contribution in [0.4, 0.5) is 4.39 Å². The first-order valence-corrected chi connectivity index (χ1v) is 14.8. The van der Waals surface area contributed by atoms with Gasteiger partial charge in [-0.25, -0.2) is 12.8 Å². The molecule has 2 aromatic carbocycles. The van der Waals surface area contributed by atoms with Gasteiger partial charge < -0.3 is 10.0 Å². The number of sulfone groups is 1. The number of piperidine rings is 1. The van der Waals surface area contributed by atoms with E-state index in [-0.39, 0.29) is 17.2 Å². The maximum atomic E-state index is 14.5. The van der Waals surface area contributed by atoms with Crippen LogP contribution in [0, 0.1) is 11.2 Å². The van der Waals surface area contributed by atoms with Crippen LogP contribution in [0.3, 0.4) is 0 Å². The second-order valence-electron chi connectivity index (χ2n) is 10.4. The SMILES string of the molecule is CCC(CS(=O)(=O)C1CC1)N1C(=O)C(C)(CC(=O)O)CC(c2cc(F)cc(Cl)c2)C1c1ccc(Cl)cc1. The van der Waals surface area contributed by atoms with Crippen molar-refractivity contribution in [1.82, 2.24) is 4.90 Å². The molecule has 1 N–H and O–H groups in total. The van der Waals surface area contributed by atoms with Crippen molar-refractivity contribution in [3.8, 4) is 0 Å². The van der Waals surface area contributed by atoms with E-state index in [1.807, 2.05) is 6.92 Å². The summed E-state index contributed by atoms with van der Waals surface area (Å²) < 4.78 is 40.7. The quantitative estimate of drug-likeness (QED) is 0.398. The van der Waals surface area contributed by atoms with Crippen LogP contribution in [0.2, 0.25) is 10.0 Å². The molecule has 1 amide bonds. The number of benzene rings is 2. The molecule has 2 aliphatic rings. The lowest BCUT2D eigenvalue weighted by molar-refractivity contribution is -0.160. The summed E-state index contributed by atoms with van der Waals surface area (Å²) in [7, 11) is -3.45. The number of carboxylic acids is 1. The van der Waals surface area contributed by atoms with Crippen molar-refractivity contribution >= 4 is 44.9 Å². The molecule has 4 rings (SSSR count). The van der Waals surface area contributed by atoms with Crippen LogP contribution in [-0.2, 0) is 19.4 Å². The van der Waals surface area contributed by atoms with Crippen molar-refractivity contribution in [3.05, 3.63) is 69.5 Å². The zero-order valence-electron chi connectivity index (χ0n) is 20.7. The van der Waals surface area contributed by atoms with Gasteiger partial charge in [-0.15, -0.1) is 0 Å². The van der Waals surface area contributed by atoms with Crippen molar-refractivity contribution in [2.45, 2.75) is 69.2 Å². The van der Waals surface area contributed by atoms with Gasteiger partial charge in [0.2, 0.25) is 5.91 Å². The van der Waals surface area contributed by atoms with Crippen LogP contribution in [0.15, 0.2) is 42.5 Å². The normalized spacial score (nSPS) is 25.2. The summed E-state index contributed by atoms with van der Waals surface area (Å²) in [6.07, 6.45) is 1.24. The maximum Gasteiger partial charge on any atom is 0.304 e. The Morgan fingerprint density at radius 2 is 1.78 bits per heavy atom. The first kappa shape index (κ1) is 27.9. The standard InChI is InChI=1S/C27H30Cl2FNO5S/c1-3-21(15-37(35,36)22-8-9-22)31-25(16-4-6-18(28)7-5-16)23(17-10-19(29)12-20(30)11-17)13-27(2,26(31)34)14-24(32)33/h4-7,10-12,21-23,25H,3,8-9,13-15H2,1-2H3,(H,32,33). The van der Waals surface area contributed by atoms with Gasteiger partial charge in [0.15, 0.2) is 9.84 Å². The van der Waals surface area contributed by atoms with Crippen molar-refractivity contribution in [3.63, 3.8) is 0 Å². The van der Waals surface area contributed by atoms with Crippen LogP contribution < -0.4 is 0 Å². The number of halogens is 3. The summed E-state index contributed by atoms with van der Waals surface area (Å²) in [6.45, 7) is 3.40. The minimum absolute atomic E-state index is 0.119. The fraction of sp³-hybridized carbons (Fsp3) is 0.481. The number of nitrogens with zero attached hydrogens (tertiary/aromatic N) is 1. The second-order valence-corrected chi connectivity index (χ2v) is 13.6. The summed E-state index contributed by atoms with van der Waals surface area (Å²) in [6, 6.07) is 9.67. The number of hydrogen-bond acceptors (Lipinski definition) is 4. The number of carbonyl (C=O) groups is 2. The van der Waals surface area contributed by atoms with Crippen molar-refractivity contribution in [1.29, 1.82) is 0 Å². The monoisotopic (exact) mass is 569 g/mol. The van der Waals surface area contributed by atoms with Gasteiger partial charge in [0.25, 0.3) is 0 Å². The van der Waals surface area contributed by atoms with E-state index < -0.39 is 62.6 Å². The minimum Gasteiger partial charge on any atom is -0.481 e. The molecule has 4 unspecified atom stereocenters. The fourth-order valence-corrected chi connectivity index (χ4v) is 7.97. The lowest BCUT2D eigenvalue weighted by atomic mass is 9.67. The highest BCUT2D eigenvalue weighted by atomic mass is 35.5. The molecule has 0 radical (unpaired) electrons. The highest BCUT2D eigenvalue weighted by Crippen LogP contribution is 2.52. The molecule has 37 heavy (non-hydrogen) atoms. The lowest BCUT2D eigenvalue weighted by Crippen LogP contribution is -2.57. The number of hydrogen-bond donors (Lipinski definition) is 1. The number of carbonyl (C=O) groups excluding carboxylic acids is 1. The number of rotatable bonds is 9. The molecule has 6 nitrogen and oxygen atoms in total. The van der Waals surface area contributed by atoms with Gasteiger partial charge in [-0.3, -0.25) is 9.59 Å². The highest BCUT2D eigenvalue weighted by molar-refractivity contribution is 7.92. The van der Waals surface area contributed by atoms with Gasteiger partial charge in [-0.1, -0.05) is 49.2 Å². The zero-order chi connectivity index (χ0) is 27.1. The molecule has 10 heteroatoms. The van der Waals surface area contributed by atoms with E-state index in [1.54, 1.807) is 42.2 Å². The van der Waals surface area contributed by atoms with E-state index in [9.17, 15) is 27.5 Å². The van der Waals surface area contributed by atoms with Crippen LogP contribution in [0.5, 0.6) is 0 Å². The van der Waals surface area contributed by atoms with Crippen LogP contribution >= 0.6 is 23.2 Å². The first-order valence-electron chi connectivity index (χ1n) is 12.3. The summed E-state index contributed by atoms with van der Waals surface area (Å²) in [5.41, 5.74) is -0.128. The molecule has 2 fully saturated rings. The molecular weight excluding hydrogens is 540 g/mol. The Labute approximate surface area is 226 Å². The highest BCUT2D eigenvalue weighted by Gasteiger charge is 2.53. The third kappa shape index (κ3) is 5.96. The Bertz CT molecular complexity index is 1280. The summed E-state index contributed by atoms with van der Waals surface area (Å²) in [5, 5.41) is 9.96. The smallest absolute Gasteiger partial charge is 0.304 e. The lowest BCUT2D eigenvalue weighted by Gasteiger charge is -2.51. The van der Waals surface area contributed by atoms with E-state index >= 15 is 0 Å². The van der Waals surface area contributed by atoms with E-state index in [0.717, 1.165) is 0 Å². The molecule has 1 saturated carbocycles. The van der Waals surface area contributed by atoms with E-state index in [0.29, 0.717) is 35.4 Å². The Kier molecular flexibility index (Phi) is 7.94. The van der Waals surface area contributed by atoms with Crippen molar-refractivity contribution in [2.75, 3.05) is 5.75 Å². The molecule has 1 aliphatic heterocycles. The molecule has 0 bridgehead atoms. The molecular formula is C27H30Cl2FNO5S. The number of amides is 1. The molecule has 1 aliphatic carbocycles. The molecule has 2 aromatic rings. The summed E-state index contributed by atoms with van der Waals surface area (Å²) in [5.74, 6) is -2.89. The van der Waals surface area contributed by atoms with Gasteiger partial charge in [0.05, 0.1) is 28.9 Å². The molecule has 4 atom stereocenters. The first-order chi connectivity index (χ1) is 17.3. The fourth-order valence-electron chi connectivity index (χ4n) is 5.56. The van der Waals surface area contributed by atoms with Gasteiger partial charge in [0, 0.05) is 22.0 Å². The van der Waals surface area contributed by atoms with Crippen molar-refractivity contribution < 1.29 is 27.5 Å². The number of aliphatic carboxylic acids is 1. The average Bonchev–Trinajstić information content (AvgIpc) is 3.65. The summed E-state index contributed by atoms with van der Waals surface area (Å²) >= 11 is 12.4. The molecule has 200 valence electrons. The van der Waals surface area contributed by atoms with Gasteiger partial charge >= 0.3 is 5.97 Å². The third-order valence-electron chi connectivity index (χ3n) is 7.49. The van der Waals surface area contributed by atoms with Gasteiger partial charge in [0.1, 0.15) is 5.82 Å². The maximum absolute atomic E-state index is 14.5. The Morgan fingerprint density at radius 3 is 2.32 bits per heavy atom.